The van der Waals surface area contributed by atoms with Crippen molar-refractivity contribution in [3.63, 3.8) is 0 Å². The Morgan fingerprint density at radius 2 is 2.13 bits per heavy atom. The summed E-state index contributed by atoms with van der Waals surface area (Å²) in [7, 11) is 0. The minimum Gasteiger partial charge on any atom is -0.478 e. The summed E-state index contributed by atoms with van der Waals surface area (Å²) in [6.07, 6.45) is 3.13. The molecule has 0 fully saturated rings. The van der Waals surface area contributed by atoms with Crippen molar-refractivity contribution in [2.45, 2.75) is 0 Å². The summed E-state index contributed by atoms with van der Waals surface area (Å²) in [5.41, 5.74) is 3.32. The number of nitrogens with zero attached hydrogens (tertiary/aromatic N) is 1. The first-order valence-electron chi connectivity index (χ1n) is 6.72. The first kappa shape index (κ1) is 16.4. The van der Waals surface area contributed by atoms with E-state index in [1.807, 2.05) is 0 Å². The first-order valence-corrected chi connectivity index (χ1v) is 7.13. The van der Waals surface area contributed by atoms with Gasteiger partial charge in [0.2, 0.25) is 0 Å². The lowest BCUT2D eigenvalue weighted by atomic mass is 10.1. The smallest absolute Gasteiger partial charge is 0.336 e. The van der Waals surface area contributed by atoms with Crippen LogP contribution in [-0.2, 0) is 0 Å². The molecule has 23 heavy (non-hydrogen) atoms. The summed E-state index contributed by atoms with van der Waals surface area (Å²) in [6, 6.07) is 10.0. The van der Waals surface area contributed by atoms with Crippen molar-refractivity contribution >= 4 is 29.5 Å². The van der Waals surface area contributed by atoms with Crippen LogP contribution in [0, 0.1) is 0 Å². The number of aromatic carboxylic acids is 1. The molecule has 0 saturated carbocycles. The number of hydrogen-bond donors (Lipinski definition) is 3. The Balaban J connectivity index is 2.08. The van der Waals surface area contributed by atoms with E-state index in [0.717, 1.165) is 0 Å². The largest absolute Gasteiger partial charge is 0.478 e. The monoisotopic (exact) mass is 329 g/mol. The summed E-state index contributed by atoms with van der Waals surface area (Å²) in [4.78, 5) is 11.2. The van der Waals surface area contributed by atoms with Gasteiger partial charge in [0.25, 0.3) is 0 Å². The fourth-order valence-electron chi connectivity index (χ4n) is 1.81. The maximum absolute atomic E-state index is 11.2. The van der Waals surface area contributed by atoms with Gasteiger partial charge < -0.3 is 14.8 Å². The Morgan fingerprint density at radius 3 is 2.87 bits per heavy atom. The molecule has 0 atom stereocenters. The summed E-state index contributed by atoms with van der Waals surface area (Å²) < 4.78 is 5.59. The summed E-state index contributed by atoms with van der Waals surface area (Å²) >= 11 is 4.98. The van der Waals surface area contributed by atoms with Crippen LogP contribution in [0.3, 0.4) is 0 Å². The van der Waals surface area contributed by atoms with E-state index in [1.54, 1.807) is 36.4 Å². The van der Waals surface area contributed by atoms with E-state index in [9.17, 15) is 9.90 Å². The van der Waals surface area contributed by atoms with Crippen molar-refractivity contribution in [1.29, 1.82) is 0 Å². The van der Waals surface area contributed by atoms with Crippen LogP contribution >= 0.6 is 12.2 Å². The maximum atomic E-state index is 11.2. The lowest BCUT2D eigenvalue weighted by Crippen LogP contribution is -2.31. The van der Waals surface area contributed by atoms with Gasteiger partial charge in [0.15, 0.2) is 5.11 Å². The molecule has 0 amide bonds. The van der Waals surface area contributed by atoms with E-state index in [-0.39, 0.29) is 5.56 Å². The zero-order chi connectivity index (χ0) is 16.7. The van der Waals surface area contributed by atoms with Gasteiger partial charge >= 0.3 is 5.97 Å². The Bertz CT molecular complexity index is 753. The Kier molecular flexibility index (Phi) is 5.65. The molecule has 1 aromatic heterocycles. The highest BCUT2D eigenvalue weighted by Crippen LogP contribution is 2.25. The Morgan fingerprint density at radius 1 is 1.35 bits per heavy atom. The molecule has 7 heteroatoms. The highest BCUT2D eigenvalue weighted by Gasteiger charge is 2.13. The van der Waals surface area contributed by atoms with Gasteiger partial charge in [0.05, 0.1) is 11.8 Å². The number of nitrogens with one attached hydrogen (secondary N) is 2. The van der Waals surface area contributed by atoms with Crippen molar-refractivity contribution in [3.05, 3.63) is 60.4 Å². The van der Waals surface area contributed by atoms with E-state index in [4.69, 9.17) is 16.6 Å². The second-order valence-electron chi connectivity index (χ2n) is 4.42. The molecule has 1 aromatic carbocycles. The lowest BCUT2D eigenvalue weighted by Gasteiger charge is -2.03. The Labute approximate surface area is 138 Å². The number of rotatable bonds is 6. The predicted molar refractivity (Wildman–Crippen MR) is 92.6 cm³/mol. The number of carboxylic acids is 1. The third-order valence-corrected chi connectivity index (χ3v) is 3.05. The number of thiocarbonyl (C=S) groups is 1. The van der Waals surface area contributed by atoms with Crippen molar-refractivity contribution < 1.29 is 14.3 Å². The molecule has 0 bridgehead atoms. The molecule has 118 valence electrons. The molecule has 1 heterocycles. The third-order valence-electron chi connectivity index (χ3n) is 2.81. The van der Waals surface area contributed by atoms with Gasteiger partial charge in [-0.25, -0.2) is 4.79 Å². The minimum absolute atomic E-state index is 0.179. The van der Waals surface area contributed by atoms with Crippen molar-refractivity contribution in [2.75, 3.05) is 6.54 Å². The number of carbonyl (C=O) groups is 1. The van der Waals surface area contributed by atoms with E-state index in [2.05, 4.69) is 22.4 Å². The standard InChI is InChI=1S/C16H15N3O3S/c1-2-9-17-16(23)19-18-10-11-7-8-14(22-11)12-5-3-4-6-13(12)15(20)21/h2-8,10H,1,9H2,(H,20,21)(H2,17,19,23). The van der Waals surface area contributed by atoms with Gasteiger partial charge in [-0.05, 0) is 30.4 Å². The lowest BCUT2D eigenvalue weighted by molar-refractivity contribution is 0.0697. The molecule has 0 unspecified atom stereocenters. The number of benzene rings is 1. The van der Waals surface area contributed by atoms with Gasteiger partial charge in [-0.15, -0.1) is 6.58 Å². The van der Waals surface area contributed by atoms with Crippen LogP contribution < -0.4 is 10.7 Å². The van der Waals surface area contributed by atoms with Gasteiger partial charge in [0, 0.05) is 12.1 Å². The minimum atomic E-state index is -1.01. The average molecular weight is 329 g/mol. The SMILES string of the molecule is C=CCNC(=S)NN=Cc1ccc(-c2ccccc2C(=O)O)o1. The van der Waals surface area contributed by atoms with E-state index < -0.39 is 5.97 Å². The number of hydrazone groups is 1. The topological polar surface area (TPSA) is 86.9 Å². The van der Waals surface area contributed by atoms with Gasteiger partial charge in [0.1, 0.15) is 11.5 Å². The zero-order valence-electron chi connectivity index (χ0n) is 12.2. The maximum Gasteiger partial charge on any atom is 0.336 e. The van der Waals surface area contributed by atoms with E-state index >= 15 is 0 Å². The van der Waals surface area contributed by atoms with Gasteiger partial charge in [-0.3, -0.25) is 5.43 Å². The van der Waals surface area contributed by atoms with Crippen molar-refractivity contribution in [3.8, 4) is 11.3 Å². The molecule has 0 saturated heterocycles. The molecular formula is C16H15N3O3S. The molecule has 3 N–H and O–H groups in total. The highest BCUT2D eigenvalue weighted by molar-refractivity contribution is 7.80. The normalized spacial score (nSPS) is 10.4. The van der Waals surface area contributed by atoms with Crippen LogP contribution in [0.5, 0.6) is 0 Å². The fourth-order valence-corrected chi connectivity index (χ4v) is 1.95. The molecule has 0 radical (unpaired) electrons. The summed E-state index contributed by atoms with van der Waals surface area (Å²) in [6.45, 7) is 4.11. The fraction of sp³-hybridized carbons (Fsp3) is 0.0625. The van der Waals surface area contributed by atoms with Gasteiger partial charge in [-0.1, -0.05) is 24.3 Å². The quantitative estimate of drug-likeness (QED) is 0.327. The molecule has 0 aliphatic heterocycles. The summed E-state index contributed by atoms with van der Waals surface area (Å²) in [5.74, 6) is -0.0800. The highest BCUT2D eigenvalue weighted by atomic mass is 32.1. The molecule has 0 aliphatic carbocycles. The molecule has 6 nitrogen and oxygen atoms in total. The molecule has 2 aromatic rings. The number of furan rings is 1. The second-order valence-corrected chi connectivity index (χ2v) is 4.83. The summed E-state index contributed by atoms with van der Waals surface area (Å²) in [5, 5.41) is 16.4. The van der Waals surface area contributed by atoms with Crippen molar-refractivity contribution in [2.24, 2.45) is 5.10 Å². The van der Waals surface area contributed by atoms with Crippen LogP contribution in [0.15, 0.2) is 58.6 Å². The van der Waals surface area contributed by atoms with E-state index in [0.29, 0.717) is 28.7 Å². The first-order chi connectivity index (χ1) is 11.1. The number of carboxylic acid groups (broad SMARTS) is 1. The zero-order valence-corrected chi connectivity index (χ0v) is 13.0. The molecular weight excluding hydrogens is 314 g/mol. The predicted octanol–water partition coefficient (Wildman–Crippen LogP) is 2.63. The van der Waals surface area contributed by atoms with E-state index in [1.165, 1.54) is 12.3 Å². The molecule has 2 rings (SSSR count). The van der Waals surface area contributed by atoms with Crippen LogP contribution in [0.25, 0.3) is 11.3 Å². The molecule has 0 spiro atoms. The Hall–Kier alpha value is -2.93. The van der Waals surface area contributed by atoms with Crippen LogP contribution in [0.4, 0.5) is 0 Å². The molecule has 0 aliphatic rings. The van der Waals surface area contributed by atoms with Crippen LogP contribution in [-0.4, -0.2) is 28.9 Å². The van der Waals surface area contributed by atoms with Crippen LogP contribution in [0.1, 0.15) is 16.1 Å². The van der Waals surface area contributed by atoms with Crippen molar-refractivity contribution in [1.82, 2.24) is 10.7 Å². The average Bonchev–Trinajstić information content (AvgIpc) is 3.01. The number of hydrogen-bond acceptors (Lipinski definition) is 4. The van der Waals surface area contributed by atoms with Gasteiger partial charge in [-0.2, -0.15) is 5.10 Å². The van der Waals surface area contributed by atoms with Crippen LogP contribution in [0.2, 0.25) is 0 Å². The third kappa shape index (κ3) is 4.52. The second kappa shape index (κ2) is 7.90.